The van der Waals surface area contributed by atoms with Crippen molar-refractivity contribution in [3.05, 3.63) is 41.5 Å². The molecule has 0 spiro atoms. The molecule has 0 saturated carbocycles. The lowest BCUT2D eigenvalue weighted by atomic mass is 9.97. The quantitative estimate of drug-likeness (QED) is 0.925. The van der Waals surface area contributed by atoms with Crippen LogP contribution in [0, 0.1) is 5.92 Å². The van der Waals surface area contributed by atoms with Gasteiger partial charge in [-0.05, 0) is 44.0 Å². The fourth-order valence-electron chi connectivity index (χ4n) is 2.56. The molecular weight excluding hydrogens is 264 g/mol. The number of hydrogen-bond acceptors (Lipinski definition) is 2. The molecule has 0 saturated heterocycles. The average Bonchev–Trinajstić information content (AvgIpc) is 2.45. The summed E-state index contributed by atoms with van der Waals surface area (Å²) in [6, 6.07) is 8.25. The Hall–Kier alpha value is -1.81. The van der Waals surface area contributed by atoms with Crippen molar-refractivity contribution in [2.75, 3.05) is 27.2 Å². The van der Waals surface area contributed by atoms with E-state index in [1.807, 2.05) is 18.2 Å². The SMILES string of the molecule is C[C@H]1CC=C(c2ccc(CCN(C)C)cc2)N(C(=O)O)C1. The smallest absolute Gasteiger partial charge is 0.411 e. The summed E-state index contributed by atoms with van der Waals surface area (Å²) in [6.45, 7) is 3.66. The molecule has 114 valence electrons. The zero-order valence-corrected chi connectivity index (χ0v) is 13.0. The highest BCUT2D eigenvalue weighted by Crippen LogP contribution is 2.27. The van der Waals surface area contributed by atoms with Crippen LogP contribution in [0.3, 0.4) is 0 Å². The van der Waals surface area contributed by atoms with E-state index in [2.05, 4.69) is 38.1 Å². The van der Waals surface area contributed by atoms with Crippen molar-refractivity contribution in [2.24, 2.45) is 5.92 Å². The first-order valence-electron chi connectivity index (χ1n) is 7.42. The molecule has 1 heterocycles. The lowest BCUT2D eigenvalue weighted by molar-refractivity contribution is 0.159. The zero-order valence-electron chi connectivity index (χ0n) is 13.0. The van der Waals surface area contributed by atoms with Crippen molar-refractivity contribution in [1.29, 1.82) is 0 Å². The van der Waals surface area contributed by atoms with Gasteiger partial charge in [0, 0.05) is 13.1 Å². The van der Waals surface area contributed by atoms with Gasteiger partial charge in [0.1, 0.15) is 0 Å². The van der Waals surface area contributed by atoms with E-state index in [4.69, 9.17) is 0 Å². The predicted octanol–water partition coefficient (Wildman–Crippen LogP) is 3.15. The maximum atomic E-state index is 11.4. The molecule has 1 N–H and O–H groups in total. The predicted molar refractivity (Wildman–Crippen MR) is 85.2 cm³/mol. The summed E-state index contributed by atoms with van der Waals surface area (Å²) >= 11 is 0. The monoisotopic (exact) mass is 288 g/mol. The molecule has 4 heteroatoms. The van der Waals surface area contributed by atoms with Crippen molar-refractivity contribution >= 4 is 11.8 Å². The molecule has 1 aliphatic heterocycles. The highest BCUT2D eigenvalue weighted by Gasteiger charge is 2.24. The minimum atomic E-state index is -0.871. The average molecular weight is 288 g/mol. The molecule has 1 aliphatic rings. The number of carboxylic acid groups (broad SMARTS) is 1. The molecule has 0 unspecified atom stereocenters. The van der Waals surface area contributed by atoms with Crippen LogP contribution in [0.4, 0.5) is 4.79 Å². The van der Waals surface area contributed by atoms with Crippen LogP contribution < -0.4 is 0 Å². The molecule has 4 nitrogen and oxygen atoms in total. The Morgan fingerprint density at radius 1 is 1.33 bits per heavy atom. The Balaban J connectivity index is 2.15. The second kappa shape index (κ2) is 6.76. The van der Waals surface area contributed by atoms with Gasteiger partial charge >= 0.3 is 6.09 Å². The van der Waals surface area contributed by atoms with Gasteiger partial charge in [-0.2, -0.15) is 0 Å². The van der Waals surface area contributed by atoms with E-state index in [1.165, 1.54) is 10.5 Å². The van der Waals surface area contributed by atoms with Crippen molar-refractivity contribution in [3.8, 4) is 0 Å². The lowest BCUT2D eigenvalue weighted by Gasteiger charge is -2.30. The largest absolute Gasteiger partial charge is 0.465 e. The Morgan fingerprint density at radius 2 is 2.00 bits per heavy atom. The van der Waals surface area contributed by atoms with Crippen molar-refractivity contribution in [3.63, 3.8) is 0 Å². The van der Waals surface area contributed by atoms with E-state index in [0.29, 0.717) is 12.5 Å². The second-order valence-electron chi connectivity index (χ2n) is 6.07. The van der Waals surface area contributed by atoms with Gasteiger partial charge in [0.05, 0.1) is 5.70 Å². The summed E-state index contributed by atoms with van der Waals surface area (Å²) in [4.78, 5) is 15.0. The third-order valence-electron chi connectivity index (χ3n) is 3.83. The van der Waals surface area contributed by atoms with Gasteiger partial charge < -0.3 is 10.0 Å². The van der Waals surface area contributed by atoms with Crippen LogP contribution >= 0.6 is 0 Å². The highest BCUT2D eigenvalue weighted by atomic mass is 16.4. The van der Waals surface area contributed by atoms with Crippen LogP contribution in [0.5, 0.6) is 0 Å². The molecule has 0 aliphatic carbocycles. The van der Waals surface area contributed by atoms with Gasteiger partial charge in [-0.25, -0.2) is 4.79 Å². The van der Waals surface area contributed by atoms with Gasteiger partial charge in [-0.15, -0.1) is 0 Å². The molecular formula is C17H24N2O2. The summed E-state index contributed by atoms with van der Waals surface area (Å²) in [5.41, 5.74) is 3.08. The highest BCUT2D eigenvalue weighted by molar-refractivity contribution is 5.81. The summed E-state index contributed by atoms with van der Waals surface area (Å²) in [5.74, 6) is 0.379. The van der Waals surface area contributed by atoms with Crippen molar-refractivity contribution in [2.45, 2.75) is 19.8 Å². The van der Waals surface area contributed by atoms with E-state index < -0.39 is 6.09 Å². The molecule has 1 amide bonds. The summed E-state index contributed by atoms with van der Waals surface area (Å²) in [5, 5.41) is 9.37. The van der Waals surface area contributed by atoms with Gasteiger partial charge in [0.15, 0.2) is 0 Å². The second-order valence-corrected chi connectivity index (χ2v) is 6.07. The number of allylic oxidation sites excluding steroid dienone is 1. The van der Waals surface area contributed by atoms with E-state index in [9.17, 15) is 9.90 Å². The van der Waals surface area contributed by atoms with E-state index in [0.717, 1.165) is 30.6 Å². The maximum Gasteiger partial charge on any atom is 0.411 e. The number of benzene rings is 1. The fraction of sp³-hybridized carbons (Fsp3) is 0.471. The summed E-state index contributed by atoms with van der Waals surface area (Å²) in [7, 11) is 4.13. The molecule has 1 aromatic rings. The summed E-state index contributed by atoms with van der Waals surface area (Å²) in [6.07, 6.45) is 3.11. The number of rotatable bonds is 4. The normalized spacial score (nSPS) is 18.8. The fourth-order valence-corrected chi connectivity index (χ4v) is 2.56. The van der Waals surface area contributed by atoms with Crippen LogP contribution in [0.2, 0.25) is 0 Å². The maximum absolute atomic E-state index is 11.4. The number of hydrogen-bond donors (Lipinski definition) is 1. The third-order valence-corrected chi connectivity index (χ3v) is 3.83. The Kier molecular flexibility index (Phi) is 5.02. The third kappa shape index (κ3) is 4.08. The first-order valence-corrected chi connectivity index (χ1v) is 7.42. The van der Waals surface area contributed by atoms with E-state index >= 15 is 0 Å². The minimum absolute atomic E-state index is 0.379. The minimum Gasteiger partial charge on any atom is -0.465 e. The molecule has 0 aromatic heterocycles. The van der Waals surface area contributed by atoms with Gasteiger partial charge in [0.2, 0.25) is 0 Å². The first-order chi connectivity index (χ1) is 9.97. The number of likely N-dealkylation sites (N-methyl/N-ethyl adjacent to an activating group) is 1. The standard InChI is InChI=1S/C17H24N2O2/c1-13-4-9-16(19(12-13)17(20)21)15-7-5-14(6-8-15)10-11-18(2)3/h5-9,13H,4,10-12H2,1-3H3,(H,20,21)/t13-/m0/s1. The molecule has 0 bridgehead atoms. The Morgan fingerprint density at radius 3 is 2.57 bits per heavy atom. The van der Waals surface area contributed by atoms with Gasteiger partial charge in [0.25, 0.3) is 0 Å². The van der Waals surface area contributed by atoms with E-state index in [1.54, 1.807) is 0 Å². The molecule has 1 atom stereocenters. The van der Waals surface area contributed by atoms with Crippen LogP contribution in [-0.2, 0) is 6.42 Å². The van der Waals surface area contributed by atoms with Crippen molar-refractivity contribution in [1.82, 2.24) is 9.80 Å². The molecule has 0 fully saturated rings. The zero-order chi connectivity index (χ0) is 15.4. The molecule has 1 aromatic carbocycles. The van der Waals surface area contributed by atoms with Crippen LogP contribution in [-0.4, -0.2) is 48.2 Å². The molecule has 0 radical (unpaired) electrons. The topological polar surface area (TPSA) is 43.8 Å². The lowest BCUT2D eigenvalue weighted by Crippen LogP contribution is -2.34. The van der Waals surface area contributed by atoms with Crippen LogP contribution in [0.15, 0.2) is 30.3 Å². The first kappa shape index (κ1) is 15.6. The van der Waals surface area contributed by atoms with Crippen molar-refractivity contribution < 1.29 is 9.90 Å². The molecule has 2 rings (SSSR count). The van der Waals surface area contributed by atoms with Crippen LogP contribution in [0.1, 0.15) is 24.5 Å². The number of amides is 1. The van der Waals surface area contributed by atoms with E-state index in [-0.39, 0.29) is 0 Å². The van der Waals surface area contributed by atoms with Crippen LogP contribution in [0.25, 0.3) is 5.70 Å². The number of nitrogens with zero attached hydrogens (tertiary/aromatic N) is 2. The van der Waals surface area contributed by atoms with Gasteiger partial charge in [-0.3, -0.25) is 4.90 Å². The molecule has 21 heavy (non-hydrogen) atoms. The Bertz CT molecular complexity index is 520. The Labute approximate surface area is 126 Å². The van der Waals surface area contributed by atoms with Gasteiger partial charge in [-0.1, -0.05) is 37.3 Å². The summed E-state index contributed by atoms with van der Waals surface area (Å²) < 4.78 is 0. The number of carbonyl (C=O) groups is 1.